The minimum absolute atomic E-state index is 0.0123. The number of benzene rings is 1. The zero-order valence-corrected chi connectivity index (χ0v) is 17.2. The van der Waals surface area contributed by atoms with Crippen LogP contribution >= 0.6 is 10.6 Å². The molecule has 2 N–H and O–H groups in total. The third kappa shape index (κ3) is 3.99. The smallest absolute Gasteiger partial charge is 0.343 e. The Kier molecular flexibility index (Phi) is 5.42. The highest BCUT2D eigenvalue weighted by Gasteiger charge is 2.28. The normalized spacial score (nSPS) is 16.5. The van der Waals surface area contributed by atoms with E-state index in [2.05, 4.69) is 4.98 Å². The van der Waals surface area contributed by atoms with Crippen LogP contribution in [0.5, 0.6) is 0 Å². The summed E-state index contributed by atoms with van der Waals surface area (Å²) in [6, 6.07) is 5.86. The van der Waals surface area contributed by atoms with Gasteiger partial charge in [0.15, 0.2) is 5.65 Å². The van der Waals surface area contributed by atoms with Gasteiger partial charge in [-0.3, -0.25) is 18.5 Å². The van der Waals surface area contributed by atoms with Gasteiger partial charge in [0.25, 0.3) is 0 Å². The molecule has 0 spiro atoms. The molecule has 1 saturated heterocycles. The van der Waals surface area contributed by atoms with E-state index in [1.807, 2.05) is 0 Å². The minimum atomic E-state index is -2.75. The van der Waals surface area contributed by atoms with Gasteiger partial charge in [0, 0.05) is 18.8 Å². The largest absolute Gasteiger partial charge is 0.462 e. The van der Waals surface area contributed by atoms with Crippen molar-refractivity contribution in [1.82, 2.24) is 9.55 Å². The van der Waals surface area contributed by atoms with E-state index in [4.69, 9.17) is 4.74 Å². The van der Waals surface area contributed by atoms with Crippen LogP contribution < -0.4 is 10.3 Å². The molecular formula is C20H19F2N3O5S. The molecule has 1 aliphatic heterocycles. The number of anilines is 1. The van der Waals surface area contributed by atoms with E-state index in [0.717, 1.165) is 12.3 Å². The Bertz CT molecular complexity index is 1250. The van der Waals surface area contributed by atoms with E-state index in [1.54, 1.807) is 11.8 Å². The van der Waals surface area contributed by atoms with Gasteiger partial charge in [0.2, 0.25) is 5.43 Å². The molecule has 0 radical (unpaired) electrons. The van der Waals surface area contributed by atoms with Crippen LogP contribution in [-0.2, 0) is 4.74 Å². The highest BCUT2D eigenvalue weighted by Crippen LogP contribution is 2.44. The SMILES string of the molecule is CCOC(=O)c1cn(-c2ccc(F)cc2F)c2nc(N3CCS(O)(O)C3)ccc2c1=O. The van der Waals surface area contributed by atoms with Gasteiger partial charge in [0.05, 0.1) is 23.4 Å². The molecule has 1 fully saturated rings. The lowest BCUT2D eigenvalue weighted by Crippen LogP contribution is -2.24. The molecule has 4 rings (SSSR count). The van der Waals surface area contributed by atoms with E-state index in [1.165, 1.54) is 22.8 Å². The third-order valence-electron chi connectivity index (χ3n) is 4.88. The van der Waals surface area contributed by atoms with E-state index >= 15 is 0 Å². The molecule has 31 heavy (non-hydrogen) atoms. The monoisotopic (exact) mass is 451 g/mol. The summed E-state index contributed by atoms with van der Waals surface area (Å²) in [5.41, 5.74) is -1.04. The molecule has 164 valence electrons. The number of halogens is 2. The second kappa shape index (κ2) is 7.91. The average Bonchev–Trinajstić information content (AvgIpc) is 3.08. The number of nitrogens with zero attached hydrogens (tertiary/aromatic N) is 3. The van der Waals surface area contributed by atoms with Crippen LogP contribution in [0.2, 0.25) is 0 Å². The predicted octanol–water partition coefficient (Wildman–Crippen LogP) is 3.37. The number of carbonyl (C=O) groups is 1. The summed E-state index contributed by atoms with van der Waals surface area (Å²) in [6.45, 7) is 1.97. The molecule has 0 bridgehead atoms. The second-order valence-corrected chi connectivity index (χ2v) is 9.27. The lowest BCUT2D eigenvalue weighted by molar-refractivity contribution is 0.0524. The maximum atomic E-state index is 14.6. The van der Waals surface area contributed by atoms with Crippen molar-refractivity contribution in [2.45, 2.75) is 6.92 Å². The number of rotatable bonds is 4. The molecular weight excluding hydrogens is 432 g/mol. The topological polar surface area (TPSA) is 105 Å². The van der Waals surface area contributed by atoms with Gasteiger partial charge in [-0.1, -0.05) is 0 Å². The molecule has 0 aliphatic carbocycles. The molecule has 0 atom stereocenters. The average molecular weight is 451 g/mol. The second-order valence-electron chi connectivity index (χ2n) is 7.00. The highest BCUT2D eigenvalue weighted by atomic mass is 32.3. The van der Waals surface area contributed by atoms with Crippen molar-refractivity contribution in [3.63, 3.8) is 0 Å². The Labute approximate surface area is 177 Å². The molecule has 3 heterocycles. The number of pyridine rings is 2. The quantitative estimate of drug-likeness (QED) is 0.586. The van der Waals surface area contributed by atoms with Gasteiger partial charge >= 0.3 is 5.97 Å². The fourth-order valence-electron chi connectivity index (χ4n) is 3.40. The molecule has 0 unspecified atom stereocenters. The fourth-order valence-corrected chi connectivity index (χ4v) is 4.80. The summed E-state index contributed by atoms with van der Waals surface area (Å²) >= 11 is 0. The molecule has 8 nitrogen and oxygen atoms in total. The van der Waals surface area contributed by atoms with Crippen molar-refractivity contribution >= 4 is 33.4 Å². The van der Waals surface area contributed by atoms with Crippen LogP contribution in [0.3, 0.4) is 0 Å². The molecule has 1 aromatic carbocycles. The summed E-state index contributed by atoms with van der Waals surface area (Å²) in [5, 5.41) is 0.0313. The van der Waals surface area contributed by atoms with Gasteiger partial charge < -0.3 is 9.64 Å². The Morgan fingerprint density at radius 2 is 2.03 bits per heavy atom. The van der Waals surface area contributed by atoms with Crippen molar-refractivity contribution in [3.05, 3.63) is 63.9 Å². The minimum Gasteiger partial charge on any atom is -0.462 e. The van der Waals surface area contributed by atoms with Gasteiger partial charge in [-0.25, -0.2) is 18.6 Å². The molecule has 1 aliphatic rings. The van der Waals surface area contributed by atoms with Crippen molar-refractivity contribution in [2.75, 3.05) is 29.7 Å². The number of hydrogen-bond donors (Lipinski definition) is 2. The fraction of sp³-hybridized carbons (Fsp3) is 0.250. The van der Waals surface area contributed by atoms with Crippen LogP contribution in [0.4, 0.5) is 14.6 Å². The number of hydrogen-bond acceptors (Lipinski definition) is 7. The maximum Gasteiger partial charge on any atom is 0.343 e. The van der Waals surface area contributed by atoms with Crippen LogP contribution in [0.15, 0.2) is 41.3 Å². The molecule has 0 saturated carbocycles. The zero-order valence-electron chi connectivity index (χ0n) is 16.4. The lowest BCUT2D eigenvalue weighted by Gasteiger charge is -2.26. The predicted molar refractivity (Wildman–Crippen MR) is 113 cm³/mol. The van der Waals surface area contributed by atoms with Crippen molar-refractivity contribution < 1.29 is 27.4 Å². The van der Waals surface area contributed by atoms with Gasteiger partial charge in [-0.2, -0.15) is 10.6 Å². The van der Waals surface area contributed by atoms with E-state index < -0.39 is 33.6 Å². The van der Waals surface area contributed by atoms with Crippen molar-refractivity contribution in [3.8, 4) is 5.69 Å². The number of carbonyl (C=O) groups excluding carboxylic acids is 1. The van der Waals surface area contributed by atoms with Crippen LogP contribution in [0, 0.1) is 11.6 Å². The van der Waals surface area contributed by atoms with Crippen LogP contribution in [0.1, 0.15) is 17.3 Å². The summed E-state index contributed by atoms with van der Waals surface area (Å²) in [5.74, 6) is -2.04. The highest BCUT2D eigenvalue weighted by molar-refractivity contribution is 8.24. The lowest BCUT2D eigenvalue weighted by atomic mass is 10.1. The summed E-state index contributed by atoms with van der Waals surface area (Å²) in [7, 11) is -2.75. The van der Waals surface area contributed by atoms with Crippen molar-refractivity contribution in [1.29, 1.82) is 0 Å². The maximum absolute atomic E-state index is 14.6. The number of ether oxygens (including phenoxy) is 1. The standard InChI is InChI=1S/C20H19F2N3O5S/c1-2-30-20(27)14-10-25(16-5-3-12(21)9-15(16)22)19-13(18(14)26)4-6-17(23-19)24-7-8-31(28,29)11-24/h3-6,9-10,28-29H,2,7-8,11H2,1H3. The van der Waals surface area contributed by atoms with Gasteiger partial charge in [-0.05, 0) is 31.2 Å². The number of fused-ring (bicyclic) bond motifs is 1. The van der Waals surface area contributed by atoms with Gasteiger partial charge in [0.1, 0.15) is 28.9 Å². The van der Waals surface area contributed by atoms with Crippen molar-refractivity contribution in [2.24, 2.45) is 0 Å². The molecule has 0 amide bonds. The Hall–Kier alpha value is -3.02. The van der Waals surface area contributed by atoms with Crippen LogP contribution in [0.25, 0.3) is 16.7 Å². The summed E-state index contributed by atoms with van der Waals surface area (Å²) in [4.78, 5) is 31.3. The number of esters is 1. The molecule has 3 aromatic rings. The molecule has 2 aromatic heterocycles. The first-order chi connectivity index (χ1) is 14.7. The summed E-state index contributed by atoms with van der Waals surface area (Å²) < 4.78 is 54.0. The Morgan fingerprint density at radius 1 is 1.26 bits per heavy atom. The first-order valence-electron chi connectivity index (χ1n) is 9.37. The molecule has 11 heteroatoms. The Balaban J connectivity index is 1.96. The van der Waals surface area contributed by atoms with Crippen LogP contribution in [-0.4, -0.2) is 49.4 Å². The zero-order chi connectivity index (χ0) is 22.3. The van der Waals surface area contributed by atoms with E-state index in [0.29, 0.717) is 18.4 Å². The Morgan fingerprint density at radius 3 is 2.68 bits per heavy atom. The first-order valence-corrected chi connectivity index (χ1v) is 11.3. The van der Waals surface area contributed by atoms with E-state index in [9.17, 15) is 27.5 Å². The number of aromatic nitrogens is 2. The third-order valence-corrected chi connectivity index (χ3v) is 6.44. The first kappa shape index (κ1) is 21.2. The van der Waals surface area contributed by atoms with E-state index in [-0.39, 0.29) is 40.5 Å². The van der Waals surface area contributed by atoms with Gasteiger partial charge in [-0.15, -0.1) is 0 Å². The summed E-state index contributed by atoms with van der Waals surface area (Å²) in [6.07, 6.45) is 1.12.